The van der Waals surface area contributed by atoms with Crippen molar-refractivity contribution in [3.8, 4) is 0 Å². The number of urea groups is 1. The van der Waals surface area contributed by atoms with E-state index < -0.39 is 34.8 Å². The van der Waals surface area contributed by atoms with Gasteiger partial charge in [-0.2, -0.15) is 0 Å². The molecular formula is C12H22N2O6S. The molecular weight excluding hydrogens is 300 g/mol. The largest absolute Gasteiger partial charge is 0.481 e. The van der Waals surface area contributed by atoms with Crippen molar-refractivity contribution in [2.75, 3.05) is 12.8 Å². The van der Waals surface area contributed by atoms with Crippen molar-refractivity contribution >= 4 is 28.8 Å². The van der Waals surface area contributed by atoms with Crippen molar-refractivity contribution < 1.29 is 28.8 Å². The molecule has 0 saturated heterocycles. The predicted octanol–water partition coefficient (Wildman–Crippen LogP) is 0.151. The van der Waals surface area contributed by atoms with Crippen LogP contribution < -0.4 is 10.6 Å². The van der Waals surface area contributed by atoms with Crippen molar-refractivity contribution in [3.05, 3.63) is 0 Å². The highest BCUT2D eigenvalue weighted by Gasteiger charge is 2.19. The van der Waals surface area contributed by atoms with Gasteiger partial charge < -0.3 is 20.8 Å². The number of hydrogen-bond donors (Lipinski definition) is 4. The Hall–Kier alpha value is -1.64. The molecule has 0 aliphatic heterocycles. The van der Waals surface area contributed by atoms with Gasteiger partial charge in [0, 0.05) is 35.3 Å². The highest BCUT2D eigenvalue weighted by molar-refractivity contribution is 7.84. The lowest BCUT2D eigenvalue weighted by molar-refractivity contribution is -0.140. The zero-order valence-corrected chi connectivity index (χ0v) is 12.9. The molecule has 4 N–H and O–H groups in total. The summed E-state index contributed by atoms with van der Waals surface area (Å²) in [6.45, 7) is 2.08. The van der Waals surface area contributed by atoms with Crippen LogP contribution >= 0.6 is 0 Å². The minimum atomic E-state index is -1.21. The maximum atomic E-state index is 11.5. The molecule has 0 saturated carbocycles. The van der Waals surface area contributed by atoms with E-state index in [2.05, 4.69) is 10.6 Å². The molecule has 0 radical (unpaired) electrons. The number of nitrogens with one attached hydrogen (secondary N) is 2. The molecule has 122 valence electrons. The molecule has 0 aromatic carbocycles. The first-order valence-electron chi connectivity index (χ1n) is 6.55. The average Bonchev–Trinajstić information content (AvgIpc) is 2.36. The van der Waals surface area contributed by atoms with Gasteiger partial charge in [-0.05, 0) is 19.3 Å². The third kappa shape index (κ3) is 9.83. The quantitative estimate of drug-likeness (QED) is 0.452. The van der Waals surface area contributed by atoms with E-state index in [9.17, 15) is 18.6 Å². The Labute approximate surface area is 125 Å². The van der Waals surface area contributed by atoms with E-state index in [4.69, 9.17) is 10.2 Å². The van der Waals surface area contributed by atoms with E-state index in [1.807, 2.05) is 0 Å². The zero-order chi connectivity index (χ0) is 16.4. The summed E-state index contributed by atoms with van der Waals surface area (Å²) < 4.78 is 11.1. The molecule has 0 aromatic rings. The van der Waals surface area contributed by atoms with E-state index >= 15 is 0 Å². The monoisotopic (exact) mass is 322 g/mol. The van der Waals surface area contributed by atoms with Crippen molar-refractivity contribution in [2.24, 2.45) is 0 Å². The summed E-state index contributed by atoms with van der Waals surface area (Å²) in [7, 11) is -0.973. The van der Waals surface area contributed by atoms with Gasteiger partial charge in [0.2, 0.25) is 0 Å². The number of amides is 2. The van der Waals surface area contributed by atoms with E-state index in [-0.39, 0.29) is 31.1 Å². The first-order valence-corrected chi connectivity index (χ1v) is 8.17. The Bertz CT molecular complexity index is 401. The summed E-state index contributed by atoms with van der Waals surface area (Å²) in [6.07, 6.45) is 2.16. The fourth-order valence-electron chi connectivity index (χ4n) is 1.48. The standard InChI is InChI=1S/C12H22N2O6S/c1-8(21(2)20)6-7-13-12(19)14-9(11(17)18)4-3-5-10(15)16/h8-9H,3-7H2,1-2H3,(H,15,16)(H,17,18)(H2,13,14,19)/t8?,9-,21?/m1/s1. The normalized spacial score (nSPS) is 14.8. The Morgan fingerprint density at radius 3 is 2.29 bits per heavy atom. The third-order valence-corrected chi connectivity index (χ3v) is 4.26. The lowest BCUT2D eigenvalue weighted by Crippen LogP contribution is -2.46. The van der Waals surface area contributed by atoms with Crippen LogP contribution in [0.1, 0.15) is 32.6 Å². The molecule has 2 amide bonds. The van der Waals surface area contributed by atoms with Gasteiger partial charge in [-0.25, -0.2) is 9.59 Å². The van der Waals surface area contributed by atoms with Crippen LogP contribution in [0.15, 0.2) is 0 Å². The number of rotatable bonds is 10. The number of carboxylic acids is 2. The highest BCUT2D eigenvalue weighted by Crippen LogP contribution is 2.02. The molecule has 2 unspecified atom stereocenters. The second kappa shape index (κ2) is 10.1. The first kappa shape index (κ1) is 19.4. The number of carboxylic acid groups (broad SMARTS) is 2. The first-order chi connectivity index (χ1) is 9.73. The molecule has 0 aliphatic rings. The Kier molecular flexibility index (Phi) is 9.35. The van der Waals surface area contributed by atoms with Gasteiger partial charge in [0.1, 0.15) is 6.04 Å². The number of carbonyl (C=O) groups excluding carboxylic acids is 1. The molecule has 0 fully saturated rings. The molecule has 0 bridgehead atoms. The summed E-state index contributed by atoms with van der Waals surface area (Å²) in [6, 6.07) is -1.76. The summed E-state index contributed by atoms with van der Waals surface area (Å²) in [5.41, 5.74) is 0. The minimum Gasteiger partial charge on any atom is -0.481 e. The molecule has 0 heterocycles. The summed E-state index contributed by atoms with van der Waals surface area (Å²) >= 11 is 0. The molecule has 0 spiro atoms. The number of carbonyl (C=O) groups is 3. The Morgan fingerprint density at radius 2 is 1.81 bits per heavy atom. The van der Waals surface area contributed by atoms with Crippen LogP contribution in [-0.4, -0.2) is 56.5 Å². The van der Waals surface area contributed by atoms with Crippen molar-refractivity contribution in [2.45, 2.75) is 43.9 Å². The lowest BCUT2D eigenvalue weighted by Gasteiger charge is -2.15. The van der Waals surface area contributed by atoms with Gasteiger partial charge in [-0.1, -0.05) is 6.92 Å². The van der Waals surface area contributed by atoms with Gasteiger partial charge in [-0.3, -0.25) is 9.00 Å². The maximum absolute atomic E-state index is 11.5. The molecule has 0 aliphatic carbocycles. The van der Waals surface area contributed by atoms with Crippen LogP contribution in [-0.2, 0) is 20.4 Å². The number of hydrogen-bond acceptors (Lipinski definition) is 4. The van der Waals surface area contributed by atoms with Crippen molar-refractivity contribution in [1.29, 1.82) is 0 Å². The van der Waals surface area contributed by atoms with Crippen LogP contribution in [0.3, 0.4) is 0 Å². The third-order valence-electron chi connectivity index (χ3n) is 2.89. The maximum Gasteiger partial charge on any atom is 0.326 e. The van der Waals surface area contributed by atoms with Crippen LogP contribution in [0.25, 0.3) is 0 Å². The van der Waals surface area contributed by atoms with Gasteiger partial charge in [0.25, 0.3) is 0 Å². The van der Waals surface area contributed by atoms with E-state index in [1.165, 1.54) is 0 Å². The Balaban J connectivity index is 4.08. The molecule has 8 nitrogen and oxygen atoms in total. The number of aliphatic carboxylic acids is 2. The highest BCUT2D eigenvalue weighted by atomic mass is 32.2. The predicted molar refractivity (Wildman–Crippen MR) is 77.6 cm³/mol. The van der Waals surface area contributed by atoms with Gasteiger partial charge in [0.15, 0.2) is 0 Å². The van der Waals surface area contributed by atoms with Gasteiger partial charge >= 0.3 is 18.0 Å². The SMILES string of the molecule is CC(CCNC(=O)N[C@H](CCCC(=O)O)C(=O)O)S(C)=O. The van der Waals surface area contributed by atoms with E-state index in [1.54, 1.807) is 13.2 Å². The minimum absolute atomic E-state index is 0.0461. The summed E-state index contributed by atoms with van der Waals surface area (Å²) in [4.78, 5) is 32.8. The van der Waals surface area contributed by atoms with Crippen LogP contribution in [0.2, 0.25) is 0 Å². The van der Waals surface area contributed by atoms with Crippen LogP contribution in [0.4, 0.5) is 4.79 Å². The molecule has 0 rings (SSSR count). The Morgan fingerprint density at radius 1 is 1.19 bits per heavy atom. The van der Waals surface area contributed by atoms with Gasteiger partial charge in [-0.15, -0.1) is 0 Å². The van der Waals surface area contributed by atoms with E-state index in [0.717, 1.165) is 0 Å². The zero-order valence-electron chi connectivity index (χ0n) is 12.1. The smallest absolute Gasteiger partial charge is 0.326 e. The van der Waals surface area contributed by atoms with E-state index in [0.29, 0.717) is 6.42 Å². The van der Waals surface area contributed by atoms with Crippen LogP contribution in [0.5, 0.6) is 0 Å². The molecule has 3 atom stereocenters. The summed E-state index contributed by atoms with van der Waals surface area (Å²) in [5.74, 6) is -2.22. The topological polar surface area (TPSA) is 133 Å². The van der Waals surface area contributed by atoms with Crippen LogP contribution in [0, 0.1) is 0 Å². The van der Waals surface area contributed by atoms with Gasteiger partial charge in [0.05, 0.1) is 0 Å². The molecule has 21 heavy (non-hydrogen) atoms. The average molecular weight is 322 g/mol. The fraction of sp³-hybridized carbons (Fsp3) is 0.750. The second-order valence-corrected chi connectivity index (χ2v) is 6.48. The second-order valence-electron chi connectivity index (χ2n) is 4.67. The lowest BCUT2D eigenvalue weighted by atomic mass is 10.1. The fourth-order valence-corrected chi connectivity index (χ4v) is 1.93. The summed E-state index contributed by atoms with van der Waals surface area (Å²) in [5, 5.41) is 22.1. The van der Waals surface area contributed by atoms with Crippen molar-refractivity contribution in [1.82, 2.24) is 10.6 Å². The van der Waals surface area contributed by atoms with Crippen molar-refractivity contribution in [3.63, 3.8) is 0 Å². The molecule has 9 heteroatoms. The molecule has 0 aromatic heterocycles.